The summed E-state index contributed by atoms with van der Waals surface area (Å²) >= 11 is 5.88. The zero-order valence-corrected chi connectivity index (χ0v) is 4.92. The molecule has 0 saturated carbocycles. The minimum atomic E-state index is 0.579. The molecule has 0 spiro atoms. The lowest BCUT2D eigenvalue weighted by atomic mass is 11.3. The van der Waals surface area contributed by atoms with Crippen molar-refractivity contribution in [2.45, 2.75) is 0 Å². The van der Waals surface area contributed by atoms with Crippen molar-refractivity contribution in [3.63, 3.8) is 0 Å². The van der Waals surface area contributed by atoms with Crippen LogP contribution >= 0.6 is 23.6 Å². The van der Waals surface area contributed by atoms with Crippen LogP contribution in [0.5, 0.6) is 0 Å². The first-order valence-electron chi connectivity index (χ1n) is 1.58. The van der Waals surface area contributed by atoms with Gasteiger partial charge in [0.15, 0.2) is 9.46 Å². The second-order valence-electron chi connectivity index (χ2n) is 0.833. The Labute approximate surface area is 49.9 Å². The molecule has 0 N–H and O–H groups in total. The Morgan fingerprint density at radius 1 is 1.86 bits per heavy atom. The lowest BCUT2D eigenvalue weighted by Gasteiger charge is -1.70. The first kappa shape index (κ1) is 4.80. The molecule has 2 nitrogen and oxygen atoms in total. The third-order valence-electron chi connectivity index (χ3n) is 0.407. The van der Waals surface area contributed by atoms with Crippen molar-refractivity contribution in [2.24, 2.45) is 0 Å². The predicted molar refractivity (Wildman–Crippen MR) is 29.6 cm³/mol. The van der Waals surface area contributed by atoms with Crippen molar-refractivity contribution in [2.75, 3.05) is 0 Å². The molecule has 1 rings (SSSR count). The SMILES string of the molecule is S=c1ncn[c]s1. The van der Waals surface area contributed by atoms with Crippen LogP contribution in [0.15, 0.2) is 6.33 Å². The molecule has 1 aromatic rings. The maximum absolute atomic E-state index is 4.65. The van der Waals surface area contributed by atoms with E-state index in [-0.39, 0.29) is 0 Å². The van der Waals surface area contributed by atoms with E-state index >= 15 is 0 Å². The molecular weight excluding hydrogens is 128 g/mol. The molecule has 35 valence electrons. The average molecular weight is 129 g/mol. The van der Waals surface area contributed by atoms with Gasteiger partial charge in [0.25, 0.3) is 0 Å². The van der Waals surface area contributed by atoms with Gasteiger partial charge < -0.3 is 0 Å². The summed E-state index contributed by atoms with van der Waals surface area (Å²) in [7, 11) is 0. The molecule has 0 saturated heterocycles. The Morgan fingerprint density at radius 3 is 3.00 bits per heavy atom. The highest BCUT2D eigenvalue weighted by molar-refractivity contribution is 7.73. The van der Waals surface area contributed by atoms with Gasteiger partial charge in [0.1, 0.15) is 6.33 Å². The quantitative estimate of drug-likeness (QED) is 0.490. The predicted octanol–water partition coefficient (Wildman–Crippen LogP) is 1.07. The first-order chi connectivity index (χ1) is 3.39. The van der Waals surface area contributed by atoms with Crippen molar-refractivity contribution in [3.05, 3.63) is 15.8 Å². The van der Waals surface area contributed by atoms with Gasteiger partial charge in [-0.3, -0.25) is 0 Å². The summed E-state index contributed by atoms with van der Waals surface area (Å²) in [4.78, 5) is 7.23. The standard InChI is InChI=1S/C3HN2S2/c6-3-5-1-4-2-7-3/h1H. The minimum Gasteiger partial charge on any atom is -0.223 e. The van der Waals surface area contributed by atoms with E-state index in [1.54, 1.807) is 0 Å². The van der Waals surface area contributed by atoms with Crippen LogP contribution in [0.3, 0.4) is 0 Å². The van der Waals surface area contributed by atoms with E-state index in [9.17, 15) is 0 Å². The maximum atomic E-state index is 4.65. The van der Waals surface area contributed by atoms with Crippen molar-refractivity contribution in [1.82, 2.24) is 9.97 Å². The molecule has 0 atom stereocenters. The van der Waals surface area contributed by atoms with Gasteiger partial charge in [-0.25, -0.2) is 9.97 Å². The van der Waals surface area contributed by atoms with E-state index in [2.05, 4.69) is 27.7 Å². The van der Waals surface area contributed by atoms with Crippen molar-refractivity contribution < 1.29 is 0 Å². The Kier molecular flexibility index (Phi) is 1.43. The third kappa shape index (κ3) is 1.29. The van der Waals surface area contributed by atoms with Crippen LogP contribution in [0.2, 0.25) is 0 Å². The highest BCUT2D eigenvalue weighted by Crippen LogP contribution is 1.87. The van der Waals surface area contributed by atoms with Crippen LogP contribution in [0.1, 0.15) is 0 Å². The summed E-state index contributed by atoms with van der Waals surface area (Å²) in [6, 6.07) is 0. The smallest absolute Gasteiger partial charge is 0.184 e. The fourth-order valence-corrected chi connectivity index (χ4v) is 0.628. The summed E-state index contributed by atoms with van der Waals surface area (Å²) in [5, 5.41) is 0. The summed E-state index contributed by atoms with van der Waals surface area (Å²) in [5.74, 6) is 0. The lowest BCUT2D eigenvalue weighted by molar-refractivity contribution is 1.20. The van der Waals surface area contributed by atoms with Crippen molar-refractivity contribution in [3.8, 4) is 0 Å². The topological polar surface area (TPSA) is 25.8 Å². The molecule has 0 amide bonds. The molecule has 0 aliphatic heterocycles. The molecule has 0 fully saturated rings. The number of rotatable bonds is 0. The summed E-state index contributed by atoms with van der Waals surface area (Å²) < 4.78 is 0.579. The zero-order chi connectivity index (χ0) is 5.11. The van der Waals surface area contributed by atoms with Crippen LogP contribution in [-0.4, -0.2) is 9.97 Å². The lowest BCUT2D eigenvalue weighted by Crippen LogP contribution is -1.68. The van der Waals surface area contributed by atoms with Gasteiger partial charge in [-0.1, -0.05) is 11.3 Å². The zero-order valence-electron chi connectivity index (χ0n) is 3.29. The Balaban J connectivity index is 3.28. The molecule has 0 bridgehead atoms. The maximum Gasteiger partial charge on any atom is 0.184 e. The van der Waals surface area contributed by atoms with Crippen LogP contribution in [0.4, 0.5) is 0 Å². The van der Waals surface area contributed by atoms with E-state index in [0.29, 0.717) is 3.95 Å². The second kappa shape index (κ2) is 2.09. The normalized spacial score (nSPS) is 8.57. The van der Waals surface area contributed by atoms with Crippen LogP contribution in [-0.2, 0) is 0 Å². The average Bonchev–Trinajstić information content (AvgIpc) is 1.69. The highest BCUT2D eigenvalue weighted by Gasteiger charge is 1.71. The molecule has 1 aromatic heterocycles. The van der Waals surface area contributed by atoms with Crippen molar-refractivity contribution in [1.29, 1.82) is 0 Å². The van der Waals surface area contributed by atoms with E-state index in [4.69, 9.17) is 0 Å². The number of aromatic nitrogens is 2. The molecular formula is C3HN2S2. The molecule has 0 unspecified atom stereocenters. The summed E-state index contributed by atoms with van der Waals surface area (Å²) in [6.45, 7) is 0. The Morgan fingerprint density at radius 2 is 2.71 bits per heavy atom. The highest BCUT2D eigenvalue weighted by atomic mass is 32.1. The van der Waals surface area contributed by atoms with Gasteiger partial charge in [-0.05, 0) is 12.2 Å². The van der Waals surface area contributed by atoms with Gasteiger partial charge >= 0.3 is 0 Å². The summed E-state index contributed by atoms with van der Waals surface area (Å²) in [6.07, 6.45) is 1.39. The molecule has 1 heterocycles. The van der Waals surface area contributed by atoms with Gasteiger partial charge in [0.05, 0.1) is 0 Å². The summed E-state index contributed by atoms with van der Waals surface area (Å²) in [5.41, 5.74) is 2.59. The van der Waals surface area contributed by atoms with E-state index < -0.39 is 0 Å². The fraction of sp³-hybridized carbons (Fsp3) is 0. The van der Waals surface area contributed by atoms with Gasteiger partial charge in [-0.15, -0.1) is 0 Å². The fourth-order valence-electron chi connectivity index (χ4n) is 0.191. The number of nitrogens with zero attached hydrogens (tertiary/aromatic N) is 2. The van der Waals surface area contributed by atoms with Crippen LogP contribution < -0.4 is 0 Å². The van der Waals surface area contributed by atoms with Gasteiger partial charge in [0, 0.05) is 0 Å². The number of hydrogen-bond donors (Lipinski definition) is 0. The van der Waals surface area contributed by atoms with Crippen molar-refractivity contribution >= 4 is 23.6 Å². The third-order valence-corrected chi connectivity index (χ3v) is 1.24. The number of hydrogen-bond acceptors (Lipinski definition) is 4. The minimum absolute atomic E-state index is 0.579. The van der Waals surface area contributed by atoms with E-state index in [1.165, 1.54) is 17.7 Å². The second-order valence-corrected chi connectivity index (χ2v) is 2.25. The molecule has 1 radical (unpaired) electrons. The molecule has 7 heavy (non-hydrogen) atoms. The molecule has 0 aromatic carbocycles. The monoisotopic (exact) mass is 129 g/mol. The molecule has 0 aliphatic rings. The Bertz CT molecular complexity index is 177. The van der Waals surface area contributed by atoms with Gasteiger partial charge in [-0.2, -0.15) is 0 Å². The first-order valence-corrected chi connectivity index (χ1v) is 2.80. The molecule has 4 heteroatoms. The largest absolute Gasteiger partial charge is 0.223 e. The van der Waals surface area contributed by atoms with Gasteiger partial charge in [0.2, 0.25) is 0 Å². The van der Waals surface area contributed by atoms with E-state index in [0.717, 1.165) is 0 Å². The Hall–Kier alpha value is -0.350. The van der Waals surface area contributed by atoms with E-state index in [1.807, 2.05) is 0 Å². The van der Waals surface area contributed by atoms with Crippen LogP contribution in [0.25, 0.3) is 0 Å². The van der Waals surface area contributed by atoms with Crippen LogP contribution in [0, 0.1) is 9.46 Å². The molecule has 0 aliphatic carbocycles.